The number of nitrogens with one attached hydrogen (secondary N) is 1. The fourth-order valence-corrected chi connectivity index (χ4v) is 21.8. The highest BCUT2D eigenvalue weighted by Gasteiger charge is 2.63. The number of methoxy groups -OCH3 is 1. The number of carbonyl (C=O) groups excluding carboxylic acids is 7. The number of Topliss-reactive ketones (excluding diaryl/α,β-unsaturated/α-hetero) is 2. The van der Waals surface area contributed by atoms with Crippen LogP contribution in [0, 0.1) is 70.0 Å². The van der Waals surface area contributed by atoms with Crippen LogP contribution in [-0.4, -0.2) is 231 Å². The second-order valence-corrected chi connectivity index (χ2v) is 41.5. The number of halogens is 3. The number of aliphatic hydroxyl groups excluding tert-OH is 1. The van der Waals surface area contributed by atoms with Gasteiger partial charge in [0.05, 0.1) is 93.0 Å². The number of rotatable bonds is 23. The molecule has 10 fully saturated rings. The highest BCUT2D eigenvalue weighted by molar-refractivity contribution is 9.10. The molecule has 3 N–H and O–H groups in total. The summed E-state index contributed by atoms with van der Waals surface area (Å²) in [4.78, 5) is 136. The molecule has 0 spiro atoms. The Balaban J connectivity index is 0.000000162. The number of benzene rings is 3. The number of carboxylic acids is 1. The smallest absolute Gasteiger partial charge is 0.312 e. The molecule has 2 amide bonds. The Hall–Kier alpha value is -7.71. The molecule has 17 rings (SSSR count). The topological polar surface area (TPSA) is 350 Å². The first-order valence-corrected chi connectivity index (χ1v) is 49.9. The highest BCUT2D eigenvalue weighted by Crippen LogP contribution is 2.59. The summed E-state index contributed by atoms with van der Waals surface area (Å²) in [6.07, 6.45) is 23.2. The molecule has 0 bridgehead atoms. The van der Waals surface area contributed by atoms with Gasteiger partial charge >= 0.3 is 23.9 Å². The number of aliphatic hydroxyl groups is 1. The maximum Gasteiger partial charge on any atom is 0.312 e. The summed E-state index contributed by atoms with van der Waals surface area (Å²) in [5.41, 5.74) is 0.843. The van der Waals surface area contributed by atoms with E-state index < -0.39 is 70.0 Å². The first kappa shape index (κ1) is 98.3. The number of ether oxygens (including phenoxy) is 8. The standard InChI is InChI=1S/C46H60ClN3O9.C28H39NO7.C19H25ClN2O3.C6H5BrO2S/c1-28(2)18-33-23-40(36-10-11-39(42(47)43(36)48-33)57-17-14-49-12-15-56-16-13-49)58-35-24-37-38(51)26-46(45(54)55)25-32(46)9-7-5-3-4-6-8-29(44(53)50(37)27-35)22-41(52)59-34-20-30-19-31(30)21-34;1-35-27(34)28-14-20(28)8-6-4-2-3-5-7-17(12-25(32)36-22-10-18-9-19(18)11-22)26(33)29-16-21(30)13-23(29)24(31)15-28;1-13(2)11-14-12-16(23)15-3-4-17(18(20)19(15)21-14)25-10-7-22-5-8-24-9-6-22;7-5-1-3-6(4-2-5)10(8)9/h7,9-11,23,28-32,34-35,37H,3-6,8,12-22,24-27H2,1-2H3,(H,54,55);6,8,17-23,30H,2-5,7,9-16H2,1H3;3-4,12-13H,5-11H2,1-2H3,(H,21,23);1-4H,(H,8,9)/p-1/b9-7-;8-6-;;/t29-,30-,31+,32-,34?,35-,37+,46-;17-,18-,19+,20-,21+,22?,23+,28-;;/m11../s1. The van der Waals surface area contributed by atoms with Gasteiger partial charge in [0.2, 0.25) is 11.8 Å². The van der Waals surface area contributed by atoms with Crippen molar-refractivity contribution < 1.29 is 95.2 Å². The molecule has 27 nitrogen and oxygen atoms in total. The molecule has 6 aliphatic heterocycles. The van der Waals surface area contributed by atoms with Crippen LogP contribution in [0.25, 0.3) is 21.8 Å². The predicted octanol–water partition coefficient (Wildman–Crippen LogP) is 14.8. The zero-order valence-electron chi connectivity index (χ0n) is 75.5. The Morgan fingerprint density at radius 1 is 0.615 bits per heavy atom. The summed E-state index contributed by atoms with van der Waals surface area (Å²) in [5.74, 6) is 0.555. The van der Waals surface area contributed by atoms with Crippen LogP contribution in [0.5, 0.6) is 17.2 Å². The number of amides is 2. The lowest BCUT2D eigenvalue weighted by molar-refractivity contribution is -0.155. The van der Waals surface area contributed by atoms with Crippen molar-refractivity contribution in [1.82, 2.24) is 29.6 Å². The second-order valence-electron chi connectivity index (χ2n) is 38.8. The second kappa shape index (κ2) is 45.1. The minimum Gasteiger partial charge on any atom is -0.768 e. The van der Waals surface area contributed by atoms with Gasteiger partial charge < -0.3 is 67.4 Å². The number of hydrogen-bond acceptors (Lipinski definition) is 23. The lowest BCUT2D eigenvalue weighted by atomic mass is 9.91. The fraction of sp³-hybridized carbons (Fsp3) is 0.636. The van der Waals surface area contributed by atoms with E-state index in [1.807, 2.05) is 36.4 Å². The number of H-pyrrole nitrogens is 1. The molecule has 8 heterocycles. The van der Waals surface area contributed by atoms with Crippen molar-refractivity contribution >= 4 is 119 Å². The summed E-state index contributed by atoms with van der Waals surface area (Å²) >= 11 is 14.6. The van der Waals surface area contributed by atoms with Crippen LogP contribution in [0.15, 0.2) is 99.1 Å². The molecule has 3 unspecified atom stereocenters. The van der Waals surface area contributed by atoms with Crippen LogP contribution in [0.3, 0.4) is 0 Å². The van der Waals surface area contributed by atoms with Crippen LogP contribution in [0.4, 0.5) is 0 Å². The monoisotopic (exact) mass is 1920 g/mol. The van der Waals surface area contributed by atoms with Crippen molar-refractivity contribution in [2.75, 3.05) is 99.1 Å². The number of aromatic amines is 1. The maximum absolute atomic E-state index is 14.7. The molecule has 3 aromatic carbocycles. The van der Waals surface area contributed by atoms with Crippen LogP contribution in [0.1, 0.15) is 193 Å². The molecular weight excluding hydrogens is 1790 g/mol. The number of aromatic nitrogens is 2. The SMILES string of the molecule is CC(C)Cc1cc(=O)c2ccc(OCCN3CCOCC3)c(Cl)c2[nH]1.CC(C)Cc1cc(O[C@@H]2C[C@H]3C(=O)C[C@]4(C(=O)O)C[C@H]4/C=C\CCCCC[C@H](CC(=O)OC4C[C@@H]5C[C@@H]5C4)C(=O)N3C2)c2ccc(OCCN3CCOCC3)c(Cl)c2n1.COC(=O)[C@]12CC(=O)[C@@H]3C[C@H](O)CN3C(=O)[C@@H](CC(=O)OC3C[C@@H]4C[C@@H]4C3)CCCCC/C=C\[C@@H]1C2.O=S([O-])c1ccc(Br)cc1. The zero-order valence-corrected chi connectivity index (χ0v) is 79.4. The van der Waals surface area contributed by atoms with E-state index in [0.717, 1.165) is 152 Å². The molecule has 6 saturated carbocycles. The van der Waals surface area contributed by atoms with Crippen molar-refractivity contribution in [3.8, 4) is 17.2 Å². The Morgan fingerprint density at radius 3 is 1.65 bits per heavy atom. The molecule has 17 atom stereocenters. The molecule has 31 heteroatoms. The third-order valence-electron chi connectivity index (χ3n) is 28.2. The summed E-state index contributed by atoms with van der Waals surface area (Å²) < 4.78 is 67.8. The number of fused-ring (bicyclic) bond motifs is 8. The average Bonchev–Trinajstić information content (AvgIpc) is 1.58. The van der Waals surface area contributed by atoms with Gasteiger partial charge in [-0.2, -0.15) is 0 Å². The molecule has 708 valence electrons. The van der Waals surface area contributed by atoms with Gasteiger partial charge in [0.15, 0.2) is 17.0 Å². The first-order valence-electron chi connectivity index (χ1n) is 47.2. The highest BCUT2D eigenvalue weighted by atomic mass is 79.9. The third-order valence-corrected chi connectivity index (χ3v) is 30.1. The minimum atomic E-state index is -2.11. The van der Waals surface area contributed by atoms with Gasteiger partial charge in [0.1, 0.15) is 58.8 Å². The summed E-state index contributed by atoms with van der Waals surface area (Å²) in [5, 5.41) is 22.9. The molecule has 4 saturated heterocycles. The van der Waals surface area contributed by atoms with Crippen LogP contribution >= 0.6 is 39.1 Å². The average molecular weight is 1920 g/mol. The zero-order chi connectivity index (χ0) is 92.1. The van der Waals surface area contributed by atoms with Crippen molar-refractivity contribution in [3.63, 3.8) is 0 Å². The van der Waals surface area contributed by atoms with Crippen molar-refractivity contribution in [1.29, 1.82) is 0 Å². The van der Waals surface area contributed by atoms with E-state index in [-0.39, 0.29) is 116 Å². The van der Waals surface area contributed by atoms with E-state index in [9.17, 15) is 62.1 Å². The molecule has 12 aliphatic rings. The minimum absolute atomic E-state index is 0.00620. The Labute approximate surface area is 782 Å². The Bertz CT molecular complexity index is 4980. The van der Waals surface area contributed by atoms with Crippen LogP contribution < -0.4 is 19.6 Å². The van der Waals surface area contributed by atoms with E-state index in [1.54, 1.807) is 35.2 Å². The van der Waals surface area contributed by atoms with Gasteiger partial charge in [-0.1, -0.05) is 117 Å². The fourth-order valence-electron chi connectivity index (χ4n) is 20.6. The summed E-state index contributed by atoms with van der Waals surface area (Å²) in [7, 11) is 1.34. The predicted molar refractivity (Wildman–Crippen MR) is 493 cm³/mol. The van der Waals surface area contributed by atoms with Gasteiger partial charge in [-0.15, -0.1) is 0 Å². The van der Waals surface area contributed by atoms with E-state index in [4.69, 9.17) is 66.1 Å². The van der Waals surface area contributed by atoms with Gasteiger partial charge in [0, 0.05) is 127 Å². The number of carbonyl (C=O) groups is 8. The van der Waals surface area contributed by atoms with Crippen LogP contribution in [-0.2, 0) is 86.0 Å². The first-order chi connectivity index (χ1) is 62.5. The van der Waals surface area contributed by atoms with Crippen molar-refractivity contribution in [2.45, 2.75) is 236 Å². The number of pyridine rings is 2. The van der Waals surface area contributed by atoms with Gasteiger partial charge in [-0.3, -0.25) is 62.1 Å². The lowest BCUT2D eigenvalue weighted by Gasteiger charge is -2.29. The number of carboxylic acid groups (broad SMARTS) is 1. The number of aliphatic carboxylic acids is 1. The molecule has 2 aromatic heterocycles. The van der Waals surface area contributed by atoms with E-state index in [2.05, 4.69) is 64.5 Å². The molecule has 130 heavy (non-hydrogen) atoms. The Kier molecular flexibility index (Phi) is 34.1. The number of allylic oxidation sites excluding steroid dienone is 4. The molecule has 5 aromatic rings. The van der Waals surface area contributed by atoms with Gasteiger partial charge in [0.25, 0.3) is 0 Å². The molecule has 0 radical (unpaired) electrons. The van der Waals surface area contributed by atoms with Crippen molar-refractivity contribution in [2.24, 2.45) is 70.0 Å². The van der Waals surface area contributed by atoms with Gasteiger partial charge in [-0.25, -0.2) is 0 Å². The van der Waals surface area contributed by atoms with E-state index in [1.165, 1.54) is 37.0 Å². The van der Waals surface area contributed by atoms with Crippen LogP contribution in [0.2, 0.25) is 10.0 Å². The Morgan fingerprint density at radius 2 is 1.12 bits per heavy atom. The molecular formula is C99H128BrCl2N6O21S-. The summed E-state index contributed by atoms with van der Waals surface area (Å²) in [6, 6.07) is 15.6. The number of nitrogens with zero attached hydrogens (tertiary/aromatic N) is 5. The summed E-state index contributed by atoms with van der Waals surface area (Å²) in [6.45, 7) is 17.8. The van der Waals surface area contributed by atoms with Gasteiger partial charge in [-0.05, 0) is 210 Å². The number of morpholine rings is 2. The quantitative estimate of drug-likeness (QED) is 0.0237. The van der Waals surface area contributed by atoms with Crippen molar-refractivity contribution in [3.05, 3.63) is 121 Å². The normalized spacial score (nSPS) is 29.9. The largest absolute Gasteiger partial charge is 0.768 e. The number of hydrogen-bond donors (Lipinski definition) is 3. The third kappa shape index (κ3) is 25.7. The van der Waals surface area contributed by atoms with E-state index in [0.29, 0.717) is 148 Å². The lowest BCUT2D eigenvalue weighted by Crippen LogP contribution is -2.45. The maximum atomic E-state index is 14.7. The number of esters is 3. The van der Waals surface area contributed by atoms with E-state index >= 15 is 0 Å². The number of ketones is 2. The molecule has 6 aliphatic carbocycles.